The van der Waals surface area contributed by atoms with Gasteiger partial charge in [-0.1, -0.05) is 18.2 Å². The highest BCUT2D eigenvalue weighted by molar-refractivity contribution is 5.95. The van der Waals surface area contributed by atoms with Gasteiger partial charge in [-0.2, -0.15) is 0 Å². The van der Waals surface area contributed by atoms with Crippen molar-refractivity contribution in [1.82, 2.24) is 15.4 Å². The lowest BCUT2D eigenvalue weighted by Crippen LogP contribution is -2.31. The lowest BCUT2D eigenvalue weighted by molar-refractivity contribution is 0.0958. The van der Waals surface area contributed by atoms with Crippen molar-refractivity contribution >= 4 is 28.9 Å². The number of carbonyl (C=O) groups excluding carboxylic acids is 1. The zero-order valence-electron chi connectivity index (χ0n) is 14.9. The van der Waals surface area contributed by atoms with Crippen molar-refractivity contribution in [2.24, 2.45) is 0 Å². The Morgan fingerprint density at radius 2 is 1.78 bits per heavy atom. The molecule has 8 heteroatoms. The van der Waals surface area contributed by atoms with Crippen LogP contribution in [0.2, 0.25) is 0 Å². The number of hydrazine groups is 1. The maximum absolute atomic E-state index is 13.7. The van der Waals surface area contributed by atoms with Gasteiger partial charge in [-0.3, -0.25) is 15.6 Å². The Hall–Kier alpha value is -3.68. The van der Waals surface area contributed by atoms with Crippen molar-refractivity contribution in [2.45, 2.75) is 13.8 Å². The van der Waals surface area contributed by atoms with E-state index in [4.69, 9.17) is 5.73 Å². The van der Waals surface area contributed by atoms with Crippen LogP contribution in [-0.2, 0) is 0 Å². The topological polar surface area (TPSA) is 105 Å². The van der Waals surface area contributed by atoms with Crippen LogP contribution >= 0.6 is 0 Å². The summed E-state index contributed by atoms with van der Waals surface area (Å²) >= 11 is 0. The van der Waals surface area contributed by atoms with Crippen molar-refractivity contribution in [3.63, 3.8) is 0 Å². The fraction of sp³-hybridized carbons (Fsp3) is 0.105. The molecule has 0 atom stereocenters. The van der Waals surface area contributed by atoms with Crippen LogP contribution in [0, 0.1) is 19.7 Å². The summed E-state index contributed by atoms with van der Waals surface area (Å²) in [5, 5.41) is 3.12. The van der Waals surface area contributed by atoms with Crippen molar-refractivity contribution < 1.29 is 9.18 Å². The highest BCUT2D eigenvalue weighted by Gasteiger charge is 2.13. The summed E-state index contributed by atoms with van der Waals surface area (Å²) in [6.45, 7) is 4.04. The average molecular weight is 366 g/mol. The van der Waals surface area contributed by atoms with Crippen molar-refractivity contribution in [3.8, 4) is 0 Å². The van der Waals surface area contributed by atoms with Gasteiger partial charge in [-0.15, -0.1) is 0 Å². The minimum atomic E-state index is -0.644. The Morgan fingerprint density at radius 1 is 1.04 bits per heavy atom. The number of nitrogens with one attached hydrogen (secondary N) is 3. The summed E-state index contributed by atoms with van der Waals surface area (Å²) in [7, 11) is 0. The summed E-state index contributed by atoms with van der Waals surface area (Å²) in [5.41, 5.74) is 14.3. The number of aryl methyl sites for hydroxylation is 2. The van der Waals surface area contributed by atoms with Crippen LogP contribution in [0.1, 0.15) is 21.5 Å². The molecule has 0 saturated carbocycles. The maximum atomic E-state index is 13.7. The third-order valence-electron chi connectivity index (χ3n) is 4.07. The fourth-order valence-corrected chi connectivity index (χ4v) is 2.38. The second-order valence-electron chi connectivity index (χ2n) is 5.97. The molecule has 0 fully saturated rings. The van der Waals surface area contributed by atoms with E-state index >= 15 is 0 Å². The molecule has 5 N–H and O–H groups in total. The van der Waals surface area contributed by atoms with E-state index < -0.39 is 11.7 Å². The van der Waals surface area contributed by atoms with Gasteiger partial charge in [0, 0.05) is 5.69 Å². The first-order valence-corrected chi connectivity index (χ1v) is 8.21. The second-order valence-corrected chi connectivity index (χ2v) is 5.97. The fourth-order valence-electron chi connectivity index (χ4n) is 2.38. The van der Waals surface area contributed by atoms with Gasteiger partial charge in [0.05, 0.1) is 5.56 Å². The van der Waals surface area contributed by atoms with Crippen molar-refractivity contribution in [3.05, 3.63) is 71.3 Å². The molecule has 0 spiro atoms. The molecular formula is C19H19FN6O. The van der Waals surface area contributed by atoms with Gasteiger partial charge in [0.2, 0.25) is 0 Å². The molecule has 0 unspecified atom stereocenters. The van der Waals surface area contributed by atoms with Gasteiger partial charge in [-0.05, 0) is 49.2 Å². The summed E-state index contributed by atoms with van der Waals surface area (Å²) in [6.07, 6.45) is 1.30. The third kappa shape index (κ3) is 4.12. The van der Waals surface area contributed by atoms with Crippen LogP contribution in [0.4, 0.5) is 27.4 Å². The SMILES string of the molecule is Cc1ccc(Nc2ncnc(NNC(=O)c3ccccc3F)c2N)cc1C. The van der Waals surface area contributed by atoms with E-state index in [1.807, 2.05) is 32.0 Å². The predicted molar refractivity (Wildman–Crippen MR) is 103 cm³/mol. The second kappa shape index (κ2) is 7.69. The van der Waals surface area contributed by atoms with E-state index in [-0.39, 0.29) is 17.1 Å². The average Bonchev–Trinajstić information content (AvgIpc) is 2.65. The van der Waals surface area contributed by atoms with Crippen LogP contribution in [0.3, 0.4) is 0 Å². The van der Waals surface area contributed by atoms with Crippen LogP contribution in [0.25, 0.3) is 0 Å². The lowest BCUT2D eigenvalue weighted by Gasteiger charge is -2.14. The van der Waals surface area contributed by atoms with Crippen LogP contribution in [-0.4, -0.2) is 15.9 Å². The van der Waals surface area contributed by atoms with E-state index in [0.717, 1.165) is 11.3 Å². The monoisotopic (exact) mass is 366 g/mol. The minimum Gasteiger partial charge on any atom is -0.393 e. The summed E-state index contributed by atoms with van der Waals surface area (Å²) in [4.78, 5) is 20.2. The molecule has 1 heterocycles. The number of amides is 1. The normalized spacial score (nSPS) is 10.3. The first-order valence-electron chi connectivity index (χ1n) is 8.21. The highest BCUT2D eigenvalue weighted by atomic mass is 19.1. The summed E-state index contributed by atoms with van der Waals surface area (Å²) in [5.74, 6) is -0.684. The van der Waals surface area contributed by atoms with Crippen LogP contribution in [0.15, 0.2) is 48.8 Å². The van der Waals surface area contributed by atoms with Gasteiger partial charge < -0.3 is 11.1 Å². The zero-order valence-corrected chi connectivity index (χ0v) is 14.9. The maximum Gasteiger partial charge on any atom is 0.272 e. The number of nitrogens with two attached hydrogens (primary N) is 1. The van der Waals surface area contributed by atoms with E-state index in [2.05, 4.69) is 26.1 Å². The molecule has 0 radical (unpaired) electrons. The van der Waals surface area contributed by atoms with Gasteiger partial charge >= 0.3 is 0 Å². The molecule has 138 valence electrons. The summed E-state index contributed by atoms with van der Waals surface area (Å²) < 4.78 is 13.7. The molecular weight excluding hydrogens is 347 g/mol. The standard InChI is InChI=1S/C19H19FN6O/c1-11-7-8-13(9-12(11)2)24-17-16(21)18(23-10-22-17)25-26-19(27)14-5-3-4-6-15(14)20/h3-10H,21H2,1-2H3,(H,26,27)(H2,22,23,24,25). The van der Waals surface area contributed by atoms with E-state index in [0.29, 0.717) is 5.82 Å². The Kier molecular flexibility index (Phi) is 5.16. The molecule has 1 amide bonds. The number of rotatable bonds is 5. The quantitative estimate of drug-likeness (QED) is 0.516. The van der Waals surface area contributed by atoms with E-state index in [1.54, 1.807) is 6.07 Å². The third-order valence-corrected chi connectivity index (χ3v) is 4.07. The minimum absolute atomic E-state index is 0.0916. The molecule has 0 bridgehead atoms. The molecule has 3 aromatic rings. The first-order chi connectivity index (χ1) is 13.0. The highest BCUT2D eigenvalue weighted by Crippen LogP contribution is 2.26. The Morgan fingerprint density at radius 3 is 2.52 bits per heavy atom. The number of hydrogen-bond donors (Lipinski definition) is 4. The summed E-state index contributed by atoms with van der Waals surface area (Å²) in [6, 6.07) is 11.5. The molecule has 2 aromatic carbocycles. The van der Waals surface area contributed by atoms with Crippen LogP contribution < -0.4 is 21.9 Å². The molecule has 0 aliphatic heterocycles. The molecule has 0 saturated heterocycles. The number of nitrogens with zero attached hydrogens (tertiary/aromatic N) is 2. The predicted octanol–water partition coefficient (Wildman–Crippen LogP) is 3.32. The zero-order chi connectivity index (χ0) is 19.4. The number of hydrogen-bond acceptors (Lipinski definition) is 6. The number of carbonyl (C=O) groups is 1. The number of nitrogen functional groups attached to an aromatic ring is 1. The van der Waals surface area contributed by atoms with Crippen LogP contribution in [0.5, 0.6) is 0 Å². The number of halogens is 1. The molecule has 3 rings (SSSR count). The van der Waals surface area contributed by atoms with E-state index in [1.165, 1.54) is 30.1 Å². The number of anilines is 4. The molecule has 0 aliphatic carbocycles. The lowest BCUT2D eigenvalue weighted by atomic mass is 10.1. The number of aromatic nitrogens is 2. The molecule has 27 heavy (non-hydrogen) atoms. The smallest absolute Gasteiger partial charge is 0.272 e. The largest absolute Gasteiger partial charge is 0.393 e. The Labute approximate surface area is 155 Å². The van der Waals surface area contributed by atoms with Crippen molar-refractivity contribution in [1.29, 1.82) is 0 Å². The van der Waals surface area contributed by atoms with Gasteiger partial charge in [0.1, 0.15) is 17.8 Å². The Bertz CT molecular complexity index is 992. The molecule has 7 nitrogen and oxygen atoms in total. The van der Waals surface area contributed by atoms with Gasteiger partial charge in [0.15, 0.2) is 11.6 Å². The Balaban J connectivity index is 1.74. The molecule has 0 aliphatic rings. The number of benzene rings is 2. The van der Waals surface area contributed by atoms with Crippen molar-refractivity contribution in [2.75, 3.05) is 16.5 Å². The van der Waals surface area contributed by atoms with E-state index in [9.17, 15) is 9.18 Å². The first kappa shape index (κ1) is 18.1. The van der Waals surface area contributed by atoms with Gasteiger partial charge in [-0.25, -0.2) is 14.4 Å². The van der Waals surface area contributed by atoms with Gasteiger partial charge in [0.25, 0.3) is 5.91 Å². The molecule has 1 aromatic heterocycles.